The third kappa shape index (κ3) is 4.18. The molecule has 1 saturated carbocycles. The molecule has 5 heteroatoms. The Balaban J connectivity index is 1.61. The van der Waals surface area contributed by atoms with Crippen molar-refractivity contribution in [2.75, 3.05) is 11.9 Å². The molecule has 1 aliphatic carbocycles. The molecule has 2 aromatic rings. The van der Waals surface area contributed by atoms with Gasteiger partial charge in [0, 0.05) is 11.6 Å². The van der Waals surface area contributed by atoms with Crippen LogP contribution in [0, 0.1) is 19.8 Å². The van der Waals surface area contributed by atoms with E-state index >= 15 is 0 Å². The first-order chi connectivity index (χ1) is 11.9. The van der Waals surface area contributed by atoms with Gasteiger partial charge in [0.15, 0.2) is 6.61 Å². The van der Waals surface area contributed by atoms with E-state index < -0.39 is 5.97 Å². The van der Waals surface area contributed by atoms with Crippen molar-refractivity contribution in [2.45, 2.75) is 26.2 Å². The number of rotatable bonds is 6. The van der Waals surface area contributed by atoms with Crippen LogP contribution >= 0.6 is 0 Å². The van der Waals surface area contributed by atoms with Gasteiger partial charge < -0.3 is 15.2 Å². The van der Waals surface area contributed by atoms with E-state index in [1.54, 1.807) is 18.2 Å². The number of ether oxygens (including phenoxy) is 1. The maximum absolute atomic E-state index is 12.5. The molecule has 0 saturated heterocycles. The molecule has 0 spiro atoms. The monoisotopic (exact) mass is 339 g/mol. The molecule has 0 heterocycles. The standard InChI is InChI=1S/C20H21NO4/c1-12-4-3-5-14(8-12)16-10-17(16)20(24)21-18-7-6-15(9-13(18)2)25-11-19(22)23/h3-9,16-17H,10-11H2,1-2H3,(H,21,24)(H,22,23)/t16-,17+/m0/s1. The van der Waals surface area contributed by atoms with Gasteiger partial charge in [-0.3, -0.25) is 4.79 Å². The first-order valence-corrected chi connectivity index (χ1v) is 8.26. The van der Waals surface area contributed by atoms with Crippen LogP contribution in [0.25, 0.3) is 0 Å². The number of anilines is 1. The van der Waals surface area contributed by atoms with Crippen LogP contribution in [0.15, 0.2) is 42.5 Å². The smallest absolute Gasteiger partial charge is 0.341 e. The van der Waals surface area contributed by atoms with Crippen molar-refractivity contribution in [3.8, 4) is 5.75 Å². The number of hydrogen-bond acceptors (Lipinski definition) is 3. The van der Waals surface area contributed by atoms with Crippen LogP contribution in [0.2, 0.25) is 0 Å². The number of aryl methyl sites for hydroxylation is 2. The van der Waals surface area contributed by atoms with Crippen LogP contribution in [0.4, 0.5) is 5.69 Å². The van der Waals surface area contributed by atoms with Crippen LogP contribution < -0.4 is 10.1 Å². The van der Waals surface area contributed by atoms with Gasteiger partial charge in [-0.05, 0) is 55.5 Å². The second-order valence-corrected chi connectivity index (χ2v) is 6.51. The van der Waals surface area contributed by atoms with Crippen molar-refractivity contribution in [2.24, 2.45) is 5.92 Å². The third-order valence-electron chi connectivity index (χ3n) is 4.42. The summed E-state index contributed by atoms with van der Waals surface area (Å²) in [6.45, 7) is 3.53. The van der Waals surface area contributed by atoms with Gasteiger partial charge in [0.05, 0.1) is 0 Å². The average molecular weight is 339 g/mol. The quantitative estimate of drug-likeness (QED) is 0.844. The summed E-state index contributed by atoms with van der Waals surface area (Å²) in [6.07, 6.45) is 0.869. The topological polar surface area (TPSA) is 75.6 Å². The van der Waals surface area contributed by atoms with Gasteiger partial charge in [-0.15, -0.1) is 0 Å². The second-order valence-electron chi connectivity index (χ2n) is 6.51. The van der Waals surface area contributed by atoms with E-state index in [1.165, 1.54) is 11.1 Å². The van der Waals surface area contributed by atoms with E-state index in [4.69, 9.17) is 9.84 Å². The highest BCUT2D eigenvalue weighted by atomic mass is 16.5. The molecule has 25 heavy (non-hydrogen) atoms. The van der Waals surface area contributed by atoms with Crippen molar-refractivity contribution in [3.05, 3.63) is 59.2 Å². The Kier molecular flexibility index (Phi) is 4.74. The van der Waals surface area contributed by atoms with Crippen molar-refractivity contribution in [1.29, 1.82) is 0 Å². The van der Waals surface area contributed by atoms with E-state index in [0.29, 0.717) is 11.7 Å². The van der Waals surface area contributed by atoms with Gasteiger partial charge in [-0.25, -0.2) is 4.79 Å². The van der Waals surface area contributed by atoms with E-state index in [0.717, 1.165) is 17.7 Å². The minimum atomic E-state index is -1.02. The molecule has 0 bridgehead atoms. The second kappa shape index (κ2) is 6.97. The Morgan fingerprint density at radius 2 is 2.00 bits per heavy atom. The highest BCUT2D eigenvalue weighted by Gasteiger charge is 2.43. The van der Waals surface area contributed by atoms with Crippen LogP contribution in [-0.4, -0.2) is 23.6 Å². The molecule has 0 unspecified atom stereocenters. The molecule has 1 amide bonds. The number of carboxylic acids is 1. The summed E-state index contributed by atoms with van der Waals surface area (Å²) in [4.78, 5) is 23.0. The summed E-state index contributed by atoms with van der Waals surface area (Å²) in [5.41, 5.74) is 3.98. The molecule has 3 rings (SSSR count). The molecule has 2 N–H and O–H groups in total. The number of carbonyl (C=O) groups excluding carboxylic acids is 1. The fraction of sp³-hybridized carbons (Fsp3) is 0.300. The summed E-state index contributed by atoms with van der Waals surface area (Å²) in [5, 5.41) is 11.6. The molecule has 1 fully saturated rings. The zero-order chi connectivity index (χ0) is 18.0. The van der Waals surface area contributed by atoms with E-state index in [2.05, 4.69) is 30.4 Å². The summed E-state index contributed by atoms with van der Waals surface area (Å²) in [6, 6.07) is 13.4. The minimum Gasteiger partial charge on any atom is -0.482 e. The Hall–Kier alpha value is -2.82. The number of carbonyl (C=O) groups is 2. The van der Waals surface area contributed by atoms with Gasteiger partial charge in [0.2, 0.25) is 5.91 Å². The maximum atomic E-state index is 12.5. The minimum absolute atomic E-state index is 0.00383. The largest absolute Gasteiger partial charge is 0.482 e. The number of nitrogens with one attached hydrogen (secondary N) is 1. The maximum Gasteiger partial charge on any atom is 0.341 e. The SMILES string of the molecule is Cc1cccc([C@@H]2C[C@H]2C(=O)Nc2ccc(OCC(=O)O)cc2C)c1. The van der Waals surface area contributed by atoms with Gasteiger partial charge in [0.1, 0.15) is 5.75 Å². The molecule has 0 aliphatic heterocycles. The lowest BCUT2D eigenvalue weighted by atomic mass is 10.1. The van der Waals surface area contributed by atoms with Crippen molar-refractivity contribution < 1.29 is 19.4 Å². The summed E-state index contributed by atoms with van der Waals surface area (Å²) < 4.78 is 5.14. The molecule has 130 valence electrons. The van der Waals surface area contributed by atoms with Crippen LogP contribution in [0.1, 0.15) is 29.0 Å². The molecule has 0 aromatic heterocycles. The molecule has 5 nitrogen and oxygen atoms in total. The fourth-order valence-corrected chi connectivity index (χ4v) is 2.99. The van der Waals surface area contributed by atoms with Crippen molar-refractivity contribution in [3.63, 3.8) is 0 Å². The first kappa shape index (κ1) is 17.0. The zero-order valence-corrected chi connectivity index (χ0v) is 14.3. The normalized spacial score (nSPS) is 18.5. The van der Waals surface area contributed by atoms with Gasteiger partial charge in [0.25, 0.3) is 0 Å². The van der Waals surface area contributed by atoms with Gasteiger partial charge in [-0.1, -0.05) is 29.8 Å². The highest BCUT2D eigenvalue weighted by molar-refractivity contribution is 5.95. The zero-order valence-electron chi connectivity index (χ0n) is 14.3. The molecule has 2 aromatic carbocycles. The summed E-state index contributed by atoms with van der Waals surface area (Å²) >= 11 is 0. The van der Waals surface area contributed by atoms with Gasteiger partial charge in [-0.2, -0.15) is 0 Å². The Labute approximate surface area is 146 Å². The van der Waals surface area contributed by atoms with E-state index in [-0.39, 0.29) is 18.4 Å². The first-order valence-electron chi connectivity index (χ1n) is 8.26. The van der Waals surface area contributed by atoms with Crippen LogP contribution in [0.5, 0.6) is 5.75 Å². The lowest BCUT2D eigenvalue weighted by Gasteiger charge is -2.11. The van der Waals surface area contributed by atoms with Crippen molar-refractivity contribution in [1.82, 2.24) is 0 Å². The number of carboxylic acid groups (broad SMARTS) is 1. The number of benzene rings is 2. The molecular formula is C20H21NO4. The molecule has 2 atom stereocenters. The number of hydrogen-bond donors (Lipinski definition) is 2. The van der Waals surface area contributed by atoms with E-state index in [1.807, 2.05) is 13.0 Å². The average Bonchev–Trinajstić information content (AvgIpc) is 3.36. The fourth-order valence-electron chi connectivity index (χ4n) is 2.99. The lowest BCUT2D eigenvalue weighted by molar-refractivity contribution is -0.139. The number of aliphatic carboxylic acids is 1. The molecule has 0 radical (unpaired) electrons. The van der Waals surface area contributed by atoms with E-state index in [9.17, 15) is 9.59 Å². The predicted molar refractivity (Wildman–Crippen MR) is 95.0 cm³/mol. The summed E-state index contributed by atoms with van der Waals surface area (Å²) in [7, 11) is 0. The summed E-state index contributed by atoms with van der Waals surface area (Å²) in [5.74, 6) is -0.232. The third-order valence-corrected chi connectivity index (χ3v) is 4.42. The lowest BCUT2D eigenvalue weighted by Crippen LogP contribution is -2.15. The predicted octanol–water partition coefficient (Wildman–Crippen LogP) is 3.51. The Bertz CT molecular complexity index is 815. The highest BCUT2D eigenvalue weighted by Crippen LogP contribution is 2.48. The van der Waals surface area contributed by atoms with Crippen LogP contribution in [-0.2, 0) is 9.59 Å². The van der Waals surface area contributed by atoms with Crippen molar-refractivity contribution >= 4 is 17.6 Å². The molecular weight excluding hydrogens is 318 g/mol. The number of amides is 1. The Morgan fingerprint density at radius 1 is 1.20 bits per heavy atom. The molecule has 1 aliphatic rings. The van der Waals surface area contributed by atoms with Gasteiger partial charge >= 0.3 is 5.97 Å². The Morgan fingerprint density at radius 3 is 2.68 bits per heavy atom. The van der Waals surface area contributed by atoms with Crippen LogP contribution in [0.3, 0.4) is 0 Å².